The minimum atomic E-state index is -4.14. The van der Waals surface area contributed by atoms with Gasteiger partial charge in [0.2, 0.25) is 0 Å². The number of aromatic nitrogens is 1. The summed E-state index contributed by atoms with van der Waals surface area (Å²) in [6.07, 6.45) is 0. The maximum absolute atomic E-state index is 13.8. The summed E-state index contributed by atoms with van der Waals surface area (Å²) in [5.74, 6) is -0.734. The molecular formula is C23H21ClNO5PS2. The highest BCUT2D eigenvalue weighted by Crippen LogP contribution is 2.42. The number of rotatable bonds is 8. The Bertz CT molecular complexity index is 1390. The van der Waals surface area contributed by atoms with E-state index in [4.69, 9.17) is 20.9 Å². The van der Waals surface area contributed by atoms with E-state index in [1.165, 1.54) is 23.5 Å². The van der Waals surface area contributed by atoms with Crippen LogP contribution in [0.3, 0.4) is 0 Å². The van der Waals surface area contributed by atoms with Crippen molar-refractivity contribution >= 4 is 68.6 Å². The van der Waals surface area contributed by atoms with Crippen LogP contribution in [0.5, 0.6) is 0 Å². The van der Waals surface area contributed by atoms with E-state index in [9.17, 15) is 13.2 Å². The van der Waals surface area contributed by atoms with E-state index in [0.717, 1.165) is 9.28 Å². The third kappa shape index (κ3) is 4.46. The first kappa shape index (κ1) is 23.9. The van der Waals surface area contributed by atoms with Crippen LogP contribution in [-0.4, -0.2) is 31.6 Å². The predicted octanol–water partition coefficient (Wildman–Crippen LogP) is 5.15. The molecule has 0 saturated carbocycles. The van der Waals surface area contributed by atoms with Crippen LogP contribution < -0.4 is 10.6 Å². The lowest BCUT2D eigenvalue weighted by atomic mass is 10.2. The van der Waals surface area contributed by atoms with Crippen molar-refractivity contribution in [3.05, 3.63) is 76.1 Å². The molecule has 0 amide bonds. The van der Waals surface area contributed by atoms with Gasteiger partial charge >= 0.3 is 5.97 Å². The number of halogens is 1. The fraction of sp³-hybridized carbons (Fsp3) is 0.174. The molecule has 0 aliphatic heterocycles. The zero-order valence-corrected chi connectivity index (χ0v) is 21.2. The zero-order valence-electron chi connectivity index (χ0n) is 17.9. The van der Waals surface area contributed by atoms with Crippen molar-refractivity contribution in [2.75, 3.05) is 13.2 Å². The molecule has 0 aliphatic carbocycles. The van der Waals surface area contributed by atoms with Gasteiger partial charge in [-0.25, -0.2) is 17.2 Å². The smallest absolute Gasteiger partial charge is 0.356 e. The minimum Gasteiger partial charge on any atom is -0.461 e. The first-order chi connectivity index (χ1) is 15.9. The molecular weight excluding hydrogens is 501 g/mol. The molecule has 0 bridgehead atoms. The summed E-state index contributed by atoms with van der Waals surface area (Å²) in [7, 11) is -5.66. The van der Waals surface area contributed by atoms with Gasteiger partial charge in [-0.1, -0.05) is 29.8 Å². The van der Waals surface area contributed by atoms with Gasteiger partial charge in [-0.3, -0.25) is 0 Å². The number of hydrogen-bond acceptors (Lipinski definition) is 6. The van der Waals surface area contributed by atoms with Gasteiger partial charge in [0.1, 0.15) is 0 Å². The zero-order chi connectivity index (χ0) is 23.6. The highest BCUT2D eigenvalue weighted by atomic mass is 35.5. The summed E-state index contributed by atoms with van der Waals surface area (Å²) in [6, 6.07) is 14.8. The van der Waals surface area contributed by atoms with Gasteiger partial charge in [-0.2, -0.15) is 11.3 Å². The molecule has 0 N–H and O–H groups in total. The van der Waals surface area contributed by atoms with Crippen LogP contribution in [0.25, 0.3) is 10.9 Å². The molecule has 33 heavy (non-hydrogen) atoms. The second kappa shape index (κ2) is 9.95. The Kier molecular flexibility index (Phi) is 7.22. The van der Waals surface area contributed by atoms with E-state index in [1.54, 1.807) is 43.3 Å². The van der Waals surface area contributed by atoms with Crippen molar-refractivity contribution in [3.8, 4) is 0 Å². The first-order valence-corrected chi connectivity index (χ1v) is 14.2. The fourth-order valence-corrected chi connectivity index (χ4v) is 8.27. The van der Waals surface area contributed by atoms with Crippen molar-refractivity contribution in [2.45, 2.75) is 18.7 Å². The molecule has 0 fully saturated rings. The van der Waals surface area contributed by atoms with Gasteiger partial charge in [-0.05, 0) is 55.6 Å². The third-order valence-corrected chi connectivity index (χ3v) is 9.76. The van der Waals surface area contributed by atoms with E-state index in [2.05, 4.69) is 0 Å². The number of nitrogens with zero attached hydrogens (tertiary/aromatic N) is 1. The Morgan fingerprint density at radius 3 is 2.48 bits per heavy atom. The normalized spacial score (nSPS) is 12.7. The second-order valence-electron chi connectivity index (χ2n) is 6.86. The molecule has 0 aliphatic rings. The number of carbonyl (C=O) groups is 1. The summed E-state index contributed by atoms with van der Waals surface area (Å²) in [6.45, 7) is 4.01. The largest absolute Gasteiger partial charge is 0.461 e. The molecule has 2 aromatic heterocycles. The van der Waals surface area contributed by atoms with Crippen LogP contribution in [0.2, 0.25) is 5.02 Å². The van der Waals surface area contributed by atoms with E-state index >= 15 is 0 Å². The Balaban J connectivity index is 2.15. The monoisotopic (exact) mass is 521 g/mol. The van der Waals surface area contributed by atoms with Crippen LogP contribution in [0.4, 0.5) is 0 Å². The van der Waals surface area contributed by atoms with Crippen molar-refractivity contribution in [1.29, 1.82) is 0 Å². The maximum Gasteiger partial charge on any atom is 0.356 e. The number of carbonyl (C=O) groups excluding carboxylic acids is 1. The number of benzene rings is 2. The van der Waals surface area contributed by atoms with Crippen LogP contribution >= 0.6 is 31.1 Å². The summed E-state index contributed by atoms with van der Waals surface area (Å²) in [5, 5.41) is 6.16. The van der Waals surface area contributed by atoms with E-state index in [-0.39, 0.29) is 17.2 Å². The molecule has 0 spiro atoms. The first-order valence-electron chi connectivity index (χ1n) is 10.2. The van der Waals surface area contributed by atoms with E-state index < -0.39 is 24.1 Å². The molecule has 4 rings (SSSR count). The van der Waals surface area contributed by atoms with Crippen LogP contribution in [-0.2, 0) is 19.3 Å². The molecule has 10 heteroatoms. The van der Waals surface area contributed by atoms with Gasteiger partial charge in [-0.15, -0.1) is 0 Å². The van der Waals surface area contributed by atoms with Crippen LogP contribution in [0.1, 0.15) is 24.3 Å². The van der Waals surface area contributed by atoms with Crippen LogP contribution in [0.15, 0.2) is 70.3 Å². The number of thiophene rings is 1. The minimum absolute atomic E-state index is 0.0604. The second-order valence-corrected chi connectivity index (χ2v) is 11.7. The molecule has 4 aromatic rings. The molecule has 6 nitrogen and oxygen atoms in total. The highest BCUT2D eigenvalue weighted by molar-refractivity contribution is 7.90. The number of ether oxygens (including phenoxy) is 1. The van der Waals surface area contributed by atoms with Crippen molar-refractivity contribution in [2.24, 2.45) is 0 Å². The molecule has 0 radical (unpaired) electrons. The fourth-order valence-electron chi connectivity index (χ4n) is 3.52. The van der Waals surface area contributed by atoms with E-state index in [1.807, 2.05) is 23.8 Å². The average molecular weight is 522 g/mol. The molecule has 2 aromatic carbocycles. The summed E-state index contributed by atoms with van der Waals surface area (Å²) in [5.41, 5.74) is 0.271. The summed E-state index contributed by atoms with van der Waals surface area (Å²) >= 11 is 7.82. The molecule has 2 heterocycles. The SMILES string of the molecule is CCOC(=O)c1c(P(OCC)c2ccsc2)c2cc(Cl)ccc2n1S(=O)(=O)c1ccccc1. The highest BCUT2D eigenvalue weighted by Gasteiger charge is 2.36. The quantitative estimate of drug-likeness (QED) is 0.237. The Morgan fingerprint density at radius 2 is 1.85 bits per heavy atom. The van der Waals surface area contributed by atoms with E-state index in [0.29, 0.717) is 27.8 Å². The van der Waals surface area contributed by atoms with Crippen molar-refractivity contribution in [1.82, 2.24) is 3.97 Å². The predicted molar refractivity (Wildman–Crippen MR) is 134 cm³/mol. The molecule has 1 unspecified atom stereocenters. The summed E-state index contributed by atoms with van der Waals surface area (Å²) in [4.78, 5) is 13.4. The molecule has 0 saturated heterocycles. The average Bonchev–Trinajstić information content (AvgIpc) is 3.45. The number of esters is 1. The van der Waals surface area contributed by atoms with Gasteiger partial charge in [0.05, 0.1) is 25.2 Å². The number of hydrogen-bond donors (Lipinski definition) is 0. The van der Waals surface area contributed by atoms with Gasteiger partial charge in [0, 0.05) is 33.0 Å². The lowest BCUT2D eigenvalue weighted by Gasteiger charge is -2.18. The number of fused-ring (bicyclic) bond motifs is 1. The lowest BCUT2D eigenvalue weighted by Crippen LogP contribution is -2.26. The van der Waals surface area contributed by atoms with Crippen LogP contribution in [0, 0.1) is 0 Å². The Hall–Kier alpha value is -2.22. The summed E-state index contributed by atoms with van der Waals surface area (Å²) < 4.78 is 40.2. The topological polar surface area (TPSA) is 74.6 Å². The Labute approximate surface area is 202 Å². The van der Waals surface area contributed by atoms with Crippen molar-refractivity contribution < 1.29 is 22.5 Å². The Morgan fingerprint density at radius 1 is 1.09 bits per heavy atom. The van der Waals surface area contributed by atoms with Gasteiger partial charge in [0.25, 0.3) is 10.0 Å². The lowest BCUT2D eigenvalue weighted by molar-refractivity contribution is 0.0520. The van der Waals surface area contributed by atoms with Gasteiger partial charge in [0.15, 0.2) is 5.69 Å². The molecule has 1 atom stereocenters. The standard InChI is InChI=1S/C23H21ClNO5PS2/c1-3-29-23(26)21-22(31(30-4-2)17-12-13-32-15-17)19-14-16(24)10-11-20(19)25(21)33(27,28)18-8-6-5-7-9-18/h5-15H,3-4H2,1-2H3. The van der Waals surface area contributed by atoms with Crippen molar-refractivity contribution in [3.63, 3.8) is 0 Å². The maximum atomic E-state index is 13.8. The third-order valence-electron chi connectivity index (χ3n) is 4.81. The molecule has 172 valence electrons. The van der Waals surface area contributed by atoms with Gasteiger partial charge < -0.3 is 9.26 Å².